The zero-order valence-corrected chi connectivity index (χ0v) is 14.3. The van der Waals surface area contributed by atoms with E-state index in [9.17, 15) is 9.59 Å². The summed E-state index contributed by atoms with van der Waals surface area (Å²) in [5, 5.41) is 6.26. The molecule has 0 saturated carbocycles. The van der Waals surface area contributed by atoms with Gasteiger partial charge in [0.1, 0.15) is 0 Å². The number of aromatic nitrogens is 4. The molecule has 7 nitrogen and oxygen atoms in total. The van der Waals surface area contributed by atoms with Crippen molar-refractivity contribution in [3.63, 3.8) is 0 Å². The second kappa shape index (κ2) is 5.64. The minimum absolute atomic E-state index is 0.0401. The molecule has 0 radical (unpaired) electrons. The Morgan fingerprint density at radius 2 is 2.08 bits per heavy atom. The molecule has 4 heterocycles. The summed E-state index contributed by atoms with van der Waals surface area (Å²) in [5.74, 6) is 0. The second-order valence-electron chi connectivity index (χ2n) is 6.12. The Balaban J connectivity index is 1.61. The molecule has 0 aliphatic carbocycles. The summed E-state index contributed by atoms with van der Waals surface area (Å²) < 4.78 is 3.01. The minimum Gasteiger partial charge on any atom is -0.293 e. The summed E-state index contributed by atoms with van der Waals surface area (Å²) in [6, 6.07) is 3.26. The van der Waals surface area contributed by atoms with Gasteiger partial charge in [-0.25, -0.2) is 9.67 Å². The van der Waals surface area contributed by atoms with Crippen molar-refractivity contribution in [2.75, 3.05) is 6.54 Å². The quantitative estimate of drug-likeness (QED) is 0.685. The van der Waals surface area contributed by atoms with E-state index in [0.29, 0.717) is 13.1 Å². The van der Waals surface area contributed by atoms with Crippen LogP contribution in [0.5, 0.6) is 0 Å². The molecule has 0 atom stereocenters. The lowest BCUT2D eigenvalue weighted by Crippen LogP contribution is -2.34. The fraction of sp³-hybridized carbons (Fsp3) is 0.375. The van der Waals surface area contributed by atoms with Gasteiger partial charge in [0.2, 0.25) is 0 Å². The first kappa shape index (κ1) is 15.2. The van der Waals surface area contributed by atoms with Crippen molar-refractivity contribution in [3.05, 3.63) is 60.9 Å². The molecule has 0 saturated heterocycles. The number of hydrogen-bond acceptors (Lipinski definition) is 6. The van der Waals surface area contributed by atoms with Crippen LogP contribution in [-0.4, -0.2) is 30.6 Å². The van der Waals surface area contributed by atoms with E-state index in [1.165, 1.54) is 16.0 Å². The summed E-state index contributed by atoms with van der Waals surface area (Å²) in [6.45, 7) is 3.99. The van der Waals surface area contributed by atoms with Crippen LogP contribution in [0.4, 0.5) is 0 Å². The van der Waals surface area contributed by atoms with Crippen LogP contribution in [0.25, 0.3) is 4.96 Å². The molecule has 1 aliphatic rings. The number of nitrogens with zero attached hydrogens (tertiary/aromatic N) is 5. The molecular formula is C16H17N5O2S. The van der Waals surface area contributed by atoms with Gasteiger partial charge in [0.05, 0.1) is 11.4 Å². The monoisotopic (exact) mass is 343 g/mol. The third-order valence-electron chi connectivity index (χ3n) is 4.33. The molecule has 3 aromatic heterocycles. The van der Waals surface area contributed by atoms with Crippen molar-refractivity contribution in [1.29, 1.82) is 0 Å². The zero-order chi connectivity index (χ0) is 16.8. The number of aryl methyl sites for hydroxylation is 2. The van der Waals surface area contributed by atoms with Gasteiger partial charge < -0.3 is 0 Å². The van der Waals surface area contributed by atoms with E-state index in [0.717, 1.165) is 40.6 Å². The molecule has 0 aromatic carbocycles. The highest BCUT2D eigenvalue weighted by Gasteiger charge is 2.19. The van der Waals surface area contributed by atoms with Crippen LogP contribution in [0.3, 0.4) is 0 Å². The lowest BCUT2D eigenvalue weighted by atomic mass is 10.1. The molecule has 0 amide bonds. The Labute approximate surface area is 141 Å². The SMILES string of the molecule is Cc1csc2nc(CN3CCc4nn(C)c(=O)cc4C3)cc(=O)n12. The largest absolute Gasteiger partial charge is 0.293 e. The van der Waals surface area contributed by atoms with Crippen LogP contribution in [0.1, 0.15) is 22.6 Å². The average molecular weight is 343 g/mol. The van der Waals surface area contributed by atoms with Gasteiger partial charge in [-0.15, -0.1) is 11.3 Å². The van der Waals surface area contributed by atoms with Crippen molar-refractivity contribution in [2.24, 2.45) is 7.05 Å². The Bertz CT molecular complexity index is 1050. The van der Waals surface area contributed by atoms with Crippen LogP contribution < -0.4 is 11.1 Å². The standard InChI is InChI=1S/C16H17N5O2S/c1-10-9-24-16-17-12(6-15(23)21(10)16)8-20-4-3-13-11(7-20)5-14(22)19(2)18-13/h5-6,9H,3-4,7-8H2,1-2H3. The fourth-order valence-corrected chi connectivity index (χ4v) is 3.99. The topological polar surface area (TPSA) is 72.5 Å². The van der Waals surface area contributed by atoms with E-state index in [1.807, 2.05) is 12.3 Å². The van der Waals surface area contributed by atoms with Gasteiger partial charge in [0, 0.05) is 56.3 Å². The smallest absolute Gasteiger partial charge is 0.266 e. The molecule has 0 N–H and O–H groups in total. The summed E-state index contributed by atoms with van der Waals surface area (Å²) in [6.07, 6.45) is 0.794. The first-order chi connectivity index (χ1) is 11.5. The van der Waals surface area contributed by atoms with Gasteiger partial charge in [0.25, 0.3) is 11.1 Å². The van der Waals surface area contributed by atoms with E-state index in [4.69, 9.17) is 0 Å². The molecule has 124 valence electrons. The molecule has 8 heteroatoms. The molecule has 1 aliphatic heterocycles. The number of rotatable bonds is 2. The van der Waals surface area contributed by atoms with Crippen LogP contribution in [0.15, 0.2) is 27.1 Å². The van der Waals surface area contributed by atoms with E-state index in [1.54, 1.807) is 23.6 Å². The van der Waals surface area contributed by atoms with Gasteiger partial charge in [0.15, 0.2) is 4.96 Å². The normalized spacial score (nSPS) is 14.9. The number of hydrogen-bond donors (Lipinski definition) is 0. The lowest BCUT2D eigenvalue weighted by Gasteiger charge is -2.27. The maximum absolute atomic E-state index is 12.3. The predicted molar refractivity (Wildman–Crippen MR) is 91.4 cm³/mol. The molecule has 0 bridgehead atoms. The summed E-state index contributed by atoms with van der Waals surface area (Å²) in [5.41, 5.74) is 3.49. The molecule has 0 unspecified atom stereocenters. The maximum atomic E-state index is 12.3. The van der Waals surface area contributed by atoms with Crippen molar-refractivity contribution in [3.8, 4) is 0 Å². The van der Waals surface area contributed by atoms with Crippen LogP contribution >= 0.6 is 11.3 Å². The van der Waals surface area contributed by atoms with E-state index >= 15 is 0 Å². The van der Waals surface area contributed by atoms with E-state index in [-0.39, 0.29) is 11.1 Å². The third kappa shape index (κ3) is 2.57. The van der Waals surface area contributed by atoms with Crippen molar-refractivity contribution >= 4 is 16.3 Å². The van der Waals surface area contributed by atoms with Gasteiger partial charge in [-0.05, 0) is 12.5 Å². The van der Waals surface area contributed by atoms with Crippen molar-refractivity contribution in [2.45, 2.75) is 26.4 Å². The van der Waals surface area contributed by atoms with Gasteiger partial charge >= 0.3 is 0 Å². The minimum atomic E-state index is -0.0950. The Morgan fingerprint density at radius 3 is 2.92 bits per heavy atom. The number of thiazole rings is 1. The van der Waals surface area contributed by atoms with Gasteiger partial charge in [-0.1, -0.05) is 0 Å². The van der Waals surface area contributed by atoms with E-state index in [2.05, 4.69) is 15.0 Å². The first-order valence-electron chi connectivity index (χ1n) is 7.76. The van der Waals surface area contributed by atoms with E-state index < -0.39 is 0 Å². The van der Waals surface area contributed by atoms with Gasteiger partial charge in [-0.3, -0.25) is 18.9 Å². The summed E-state index contributed by atoms with van der Waals surface area (Å²) in [4.78, 5) is 31.6. The molecule has 3 aromatic rings. The molecular weight excluding hydrogens is 326 g/mol. The number of fused-ring (bicyclic) bond motifs is 2. The highest BCUT2D eigenvalue weighted by atomic mass is 32.1. The van der Waals surface area contributed by atoms with Crippen LogP contribution in [0, 0.1) is 6.92 Å². The zero-order valence-electron chi connectivity index (χ0n) is 13.5. The average Bonchev–Trinajstić information content (AvgIpc) is 2.90. The Hall–Kier alpha value is -2.32. The Morgan fingerprint density at radius 1 is 1.25 bits per heavy atom. The maximum Gasteiger partial charge on any atom is 0.266 e. The molecule has 24 heavy (non-hydrogen) atoms. The first-order valence-corrected chi connectivity index (χ1v) is 8.64. The summed E-state index contributed by atoms with van der Waals surface area (Å²) >= 11 is 1.48. The van der Waals surface area contributed by atoms with Crippen molar-refractivity contribution in [1.82, 2.24) is 24.1 Å². The summed E-state index contributed by atoms with van der Waals surface area (Å²) in [7, 11) is 1.67. The highest BCUT2D eigenvalue weighted by molar-refractivity contribution is 7.15. The lowest BCUT2D eigenvalue weighted by molar-refractivity contribution is 0.238. The van der Waals surface area contributed by atoms with Gasteiger partial charge in [-0.2, -0.15) is 5.10 Å². The highest BCUT2D eigenvalue weighted by Crippen LogP contribution is 2.18. The van der Waals surface area contributed by atoms with Crippen molar-refractivity contribution < 1.29 is 0 Å². The molecule has 0 spiro atoms. The predicted octanol–water partition coefficient (Wildman–Crippen LogP) is 0.716. The third-order valence-corrected chi connectivity index (χ3v) is 5.27. The molecule has 4 rings (SSSR count). The Kier molecular flexibility index (Phi) is 3.58. The molecule has 0 fully saturated rings. The van der Waals surface area contributed by atoms with Crippen LogP contribution in [0.2, 0.25) is 0 Å². The van der Waals surface area contributed by atoms with Crippen LogP contribution in [-0.2, 0) is 26.6 Å². The fourth-order valence-electron chi connectivity index (χ4n) is 3.10. The second-order valence-corrected chi connectivity index (χ2v) is 6.96.